The van der Waals surface area contributed by atoms with E-state index < -0.39 is 40.1 Å². The summed E-state index contributed by atoms with van der Waals surface area (Å²) < 4.78 is 49.7. The van der Waals surface area contributed by atoms with E-state index in [0.717, 1.165) is 56.3 Å². The van der Waals surface area contributed by atoms with Crippen LogP contribution in [0.4, 0.5) is 5.13 Å². The number of carboxylic acids is 1. The highest BCUT2D eigenvalue weighted by Crippen LogP contribution is 2.43. The quantitative estimate of drug-likeness (QED) is 0.0892. The van der Waals surface area contributed by atoms with Gasteiger partial charge in [0, 0.05) is 24.5 Å². The molecule has 6 aromatic rings. The minimum atomic E-state index is -4.37. The number of aryl methyl sites for hydroxylation is 2. The molecule has 0 bridgehead atoms. The second-order valence-corrected chi connectivity index (χ2v) is 21.1. The SMILES string of the molecule is Cc1ccc(COc2ccc([C@H]3COc4cc5c(cc4O3)CN(S(=O)(=O)c3sc(NCC4CCCC4)nc3C)[C@H](C(=O)NC(Cc3ccc(-c4ccc(C#N)cc4)cc3)C(=O)O)C5)cc2)cc1Cl. The largest absolute Gasteiger partial charge is 0.489 e. The number of ether oxygens (including phenoxy) is 3. The Balaban J connectivity index is 0.948. The molecule has 5 aromatic carbocycles. The molecular weight excluding hydrogens is 922 g/mol. The lowest BCUT2D eigenvalue weighted by molar-refractivity contribution is -0.142. The highest BCUT2D eigenvalue weighted by atomic mass is 35.5. The summed E-state index contributed by atoms with van der Waals surface area (Å²) >= 11 is 7.33. The molecule has 1 saturated carbocycles. The number of rotatable bonds is 15. The number of amides is 1. The average Bonchev–Trinajstić information content (AvgIpc) is 4.02. The van der Waals surface area contributed by atoms with Gasteiger partial charge in [0.05, 0.1) is 17.3 Å². The van der Waals surface area contributed by atoms with Gasteiger partial charge in [0.15, 0.2) is 26.9 Å². The van der Waals surface area contributed by atoms with Crippen LogP contribution in [0.2, 0.25) is 5.02 Å². The van der Waals surface area contributed by atoms with E-state index in [1.54, 1.807) is 43.3 Å². The predicted molar refractivity (Wildman–Crippen MR) is 260 cm³/mol. The number of halogens is 1. The Morgan fingerprint density at radius 2 is 1.63 bits per heavy atom. The van der Waals surface area contributed by atoms with Gasteiger partial charge >= 0.3 is 5.97 Å². The zero-order valence-corrected chi connectivity index (χ0v) is 39.9. The van der Waals surface area contributed by atoms with Crippen LogP contribution in [0.25, 0.3) is 11.1 Å². The molecule has 1 amide bonds. The van der Waals surface area contributed by atoms with Gasteiger partial charge in [-0.15, -0.1) is 0 Å². The van der Waals surface area contributed by atoms with Crippen LogP contribution < -0.4 is 24.8 Å². The number of thiazole rings is 1. The summed E-state index contributed by atoms with van der Waals surface area (Å²) in [7, 11) is -4.37. The molecule has 1 fully saturated rings. The molecule has 0 radical (unpaired) electrons. The van der Waals surface area contributed by atoms with Crippen LogP contribution in [-0.2, 0) is 45.6 Å². The van der Waals surface area contributed by atoms with E-state index in [-0.39, 0.29) is 30.2 Å². The van der Waals surface area contributed by atoms with Crippen molar-refractivity contribution in [1.82, 2.24) is 14.6 Å². The van der Waals surface area contributed by atoms with E-state index >= 15 is 0 Å². The van der Waals surface area contributed by atoms with Gasteiger partial charge in [-0.25, -0.2) is 18.2 Å². The third-order valence-corrected chi connectivity index (χ3v) is 16.8. The van der Waals surface area contributed by atoms with Crippen molar-refractivity contribution in [2.24, 2.45) is 5.92 Å². The fraction of sp³-hybridized carbons (Fsp3) is 0.308. The number of nitrogens with zero attached hydrogens (tertiary/aromatic N) is 3. The third kappa shape index (κ3) is 10.3. The molecule has 3 atom stereocenters. The Kier molecular flexibility index (Phi) is 13.7. The van der Waals surface area contributed by atoms with E-state index in [4.69, 9.17) is 25.8 Å². The van der Waals surface area contributed by atoms with Crippen LogP contribution in [0.3, 0.4) is 0 Å². The number of anilines is 1. The minimum absolute atomic E-state index is 0.0116. The lowest BCUT2D eigenvalue weighted by Crippen LogP contribution is -2.55. The number of aromatic nitrogens is 1. The molecule has 0 saturated heterocycles. The van der Waals surface area contributed by atoms with E-state index in [9.17, 15) is 28.4 Å². The molecule has 3 heterocycles. The number of fused-ring (bicyclic) bond motifs is 2. The minimum Gasteiger partial charge on any atom is -0.489 e. The fourth-order valence-electron chi connectivity index (χ4n) is 8.96. The van der Waals surface area contributed by atoms with E-state index in [1.807, 2.05) is 73.7 Å². The smallest absolute Gasteiger partial charge is 0.326 e. The lowest BCUT2D eigenvalue weighted by Gasteiger charge is -2.36. The monoisotopic (exact) mass is 971 g/mol. The fourth-order valence-corrected chi connectivity index (χ4v) is 12.3. The zero-order chi connectivity index (χ0) is 47.5. The summed E-state index contributed by atoms with van der Waals surface area (Å²) in [6.07, 6.45) is 4.00. The van der Waals surface area contributed by atoms with Crippen LogP contribution in [0.15, 0.2) is 107 Å². The Morgan fingerprint density at radius 1 is 0.941 bits per heavy atom. The average molecular weight is 973 g/mol. The number of carboxylic acid groups (broad SMARTS) is 1. The first-order valence-corrected chi connectivity index (χ1v) is 25.2. The standard InChI is InChI=1S/C52H50ClN5O8S2/c1-31-7-8-36(21-43(31)53)29-64-42-19-17-39(18-20-42)48-30-65-46-24-40-23-45(49(59)57-44(50(60)61)22-33-9-13-37(14-10-33)38-15-11-34(26-54)12-16-38)58(28-41(40)25-47(46)66-48)68(62,63)51-32(2)56-52(67-51)55-27-35-5-3-4-6-35/h7-21,24-25,35,44-45,48H,3-6,22-23,27-30H2,1-2H3,(H,55,56)(H,57,59)(H,60,61)/t44?,45-,48+/m0/s1. The Morgan fingerprint density at radius 3 is 2.32 bits per heavy atom. The van der Waals surface area contributed by atoms with Gasteiger partial charge in [-0.05, 0) is 126 Å². The van der Waals surface area contributed by atoms with Crippen molar-refractivity contribution in [3.8, 4) is 34.4 Å². The van der Waals surface area contributed by atoms with Crippen LogP contribution in [0.1, 0.15) is 76.4 Å². The maximum absolute atomic E-state index is 14.9. The number of hydrogen-bond donors (Lipinski definition) is 3. The number of aliphatic carboxylic acids is 1. The number of benzene rings is 5. The maximum atomic E-state index is 14.9. The van der Waals surface area contributed by atoms with Crippen molar-refractivity contribution in [1.29, 1.82) is 5.26 Å². The van der Waals surface area contributed by atoms with Crippen LogP contribution >= 0.6 is 22.9 Å². The topological polar surface area (TPSA) is 180 Å². The molecule has 1 aliphatic carbocycles. The third-order valence-electron chi connectivity index (χ3n) is 12.9. The second kappa shape index (κ2) is 20.0. The molecule has 1 unspecified atom stereocenters. The zero-order valence-electron chi connectivity index (χ0n) is 37.5. The van der Waals surface area contributed by atoms with E-state index in [0.29, 0.717) is 74.4 Å². The Hall–Kier alpha value is -6.44. The number of carbonyl (C=O) groups is 2. The summed E-state index contributed by atoms with van der Waals surface area (Å²) in [6.45, 7) is 4.66. The van der Waals surface area contributed by atoms with Gasteiger partial charge < -0.3 is 30.0 Å². The molecule has 0 spiro atoms. The summed E-state index contributed by atoms with van der Waals surface area (Å²) in [5.41, 5.74) is 7.38. The van der Waals surface area contributed by atoms with Gasteiger partial charge in [0.1, 0.15) is 31.0 Å². The lowest BCUT2D eigenvalue weighted by atomic mass is 9.94. The summed E-state index contributed by atoms with van der Waals surface area (Å²) in [4.78, 5) is 31.8. The van der Waals surface area contributed by atoms with Crippen molar-refractivity contribution in [2.45, 2.75) is 87.9 Å². The highest BCUT2D eigenvalue weighted by molar-refractivity contribution is 7.91. The van der Waals surface area contributed by atoms with Gasteiger partial charge in [-0.2, -0.15) is 9.57 Å². The van der Waals surface area contributed by atoms with E-state index in [1.165, 1.54) is 12.8 Å². The first-order valence-electron chi connectivity index (χ1n) is 22.6. The molecule has 68 heavy (non-hydrogen) atoms. The molecule has 16 heteroatoms. The van der Waals surface area contributed by atoms with Crippen molar-refractivity contribution in [3.63, 3.8) is 0 Å². The number of nitrogens with one attached hydrogen (secondary N) is 2. The van der Waals surface area contributed by atoms with Gasteiger partial charge in [-0.3, -0.25) is 4.79 Å². The Bertz CT molecular complexity index is 2990. The highest BCUT2D eigenvalue weighted by Gasteiger charge is 2.43. The molecule has 2 aliphatic heterocycles. The van der Waals surface area contributed by atoms with Crippen molar-refractivity contribution in [2.75, 3.05) is 18.5 Å². The van der Waals surface area contributed by atoms with Gasteiger partial charge in [-0.1, -0.05) is 96.4 Å². The maximum Gasteiger partial charge on any atom is 0.326 e. The van der Waals surface area contributed by atoms with Crippen molar-refractivity contribution >= 4 is 50.0 Å². The normalized spacial score (nSPS) is 17.4. The Labute approximate surface area is 404 Å². The molecule has 9 rings (SSSR count). The van der Waals surface area contributed by atoms with Gasteiger partial charge in [0.25, 0.3) is 10.0 Å². The number of carbonyl (C=O) groups excluding carboxylic acids is 1. The van der Waals surface area contributed by atoms with Crippen LogP contribution in [0, 0.1) is 31.1 Å². The van der Waals surface area contributed by atoms with Gasteiger partial charge in [0.2, 0.25) is 5.91 Å². The first kappa shape index (κ1) is 46.7. The summed E-state index contributed by atoms with van der Waals surface area (Å²) in [5.74, 6) is 0.0482. The number of nitriles is 1. The second-order valence-electron chi connectivity index (χ2n) is 17.6. The van der Waals surface area contributed by atoms with Crippen LogP contribution in [0.5, 0.6) is 17.2 Å². The number of sulfonamides is 1. The molecule has 3 N–H and O–H groups in total. The van der Waals surface area contributed by atoms with E-state index in [2.05, 4.69) is 21.7 Å². The van der Waals surface area contributed by atoms with Crippen LogP contribution in [-0.4, -0.2) is 59.9 Å². The summed E-state index contributed by atoms with van der Waals surface area (Å²) in [6, 6.07) is 30.8. The molecule has 3 aliphatic rings. The molecular formula is C52H50ClN5O8S2. The molecule has 350 valence electrons. The summed E-state index contributed by atoms with van der Waals surface area (Å²) in [5, 5.41) is 26.8. The molecule has 13 nitrogen and oxygen atoms in total. The number of hydrogen-bond acceptors (Lipinski definition) is 11. The predicted octanol–water partition coefficient (Wildman–Crippen LogP) is 9.57. The van der Waals surface area contributed by atoms with Crippen molar-refractivity contribution in [3.05, 3.63) is 153 Å². The molecule has 1 aromatic heterocycles. The van der Waals surface area contributed by atoms with Crippen molar-refractivity contribution < 1.29 is 37.3 Å². The first-order chi connectivity index (χ1) is 32.8.